The third kappa shape index (κ3) is 5.35. The topological polar surface area (TPSA) is 90.5 Å². The lowest BCUT2D eigenvalue weighted by Gasteiger charge is -2.15. The molecule has 8 nitrogen and oxygen atoms in total. The van der Waals surface area contributed by atoms with Crippen molar-refractivity contribution in [3.05, 3.63) is 72.8 Å². The van der Waals surface area contributed by atoms with Crippen molar-refractivity contribution in [2.24, 2.45) is 20.5 Å². The van der Waals surface area contributed by atoms with E-state index in [-0.39, 0.29) is 0 Å². The Hall–Kier alpha value is -4.24. The van der Waals surface area contributed by atoms with Crippen LogP contribution >= 0.6 is 11.3 Å². The van der Waals surface area contributed by atoms with Crippen LogP contribution in [0.2, 0.25) is 0 Å². The zero-order chi connectivity index (χ0) is 26.6. The molecule has 1 aliphatic rings. The first-order chi connectivity index (χ1) is 19.2. The second kappa shape index (κ2) is 11.2. The fraction of sp³-hybridized carbons (Fsp3) is 0.267. The molecule has 1 aromatic heterocycles. The number of azo groups is 2. The fourth-order valence-electron chi connectivity index (χ4n) is 4.79. The molecule has 1 aliphatic heterocycles. The molecule has 39 heavy (non-hydrogen) atoms. The third-order valence-corrected chi connectivity index (χ3v) is 7.95. The van der Waals surface area contributed by atoms with Gasteiger partial charge in [0.15, 0.2) is 0 Å². The van der Waals surface area contributed by atoms with Crippen LogP contribution in [0.3, 0.4) is 0 Å². The van der Waals surface area contributed by atoms with Crippen LogP contribution in [0.25, 0.3) is 21.5 Å². The van der Waals surface area contributed by atoms with Crippen LogP contribution in [0.1, 0.15) is 33.1 Å². The van der Waals surface area contributed by atoms with Crippen molar-refractivity contribution in [3.63, 3.8) is 0 Å². The Balaban J connectivity index is 1.29. The molecule has 1 atom stereocenters. The summed E-state index contributed by atoms with van der Waals surface area (Å²) in [6.07, 6.45) is 3.45. The molecule has 5 aromatic rings. The quantitative estimate of drug-likeness (QED) is 0.201. The Morgan fingerprint density at radius 3 is 1.90 bits per heavy atom. The minimum absolute atomic E-state index is 0.391. The van der Waals surface area contributed by atoms with Gasteiger partial charge in [0.2, 0.25) is 5.13 Å². The van der Waals surface area contributed by atoms with Crippen molar-refractivity contribution < 1.29 is 0 Å². The molecule has 0 amide bonds. The summed E-state index contributed by atoms with van der Waals surface area (Å²) in [4.78, 5) is 2.25. The molecule has 0 aliphatic carbocycles. The van der Waals surface area contributed by atoms with Crippen LogP contribution in [0, 0.1) is 0 Å². The van der Waals surface area contributed by atoms with Crippen LogP contribution in [-0.2, 0) is 0 Å². The number of anilines is 2. The number of nitrogens with one attached hydrogen (secondary N) is 1. The molecule has 2 heterocycles. The number of hydrogen-bond donors (Lipinski definition) is 1. The predicted molar refractivity (Wildman–Crippen MR) is 161 cm³/mol. The first-order valence-corrected chi connectivity index (χ1v) is 14.2. The van der Waals surface area contributed by atoms with Crippen molar-refractivity contribution in [1.82, 2.24) is 10.2 Å². The van der Waals surface area contributed by atoms with Gasteiger partial charge in [-0.1, -0.05) is 66.8 Å². The van der Waals surface area contributed by atoms with E-state index >= 15 is 0 Å². The summed E-state index contributed by atoms with van der Waals surface area (Å²) in [7, 11) is 0. The largest absolute Gasteiger partial charge is 0.382 e. The number of benzene rings is 4. The number of nitrogens with zero attached hydrogens (tertiary/aromatic N) is 7. The minimum atomic E-state index is 0.391. The van der Waals surface area contributed by atoms with E-state index < -0.39 is 0 Å². The van der Waals surface area contributed by atoms with Crippen molar-refractivity contribution in [2.75, 3.05) is 23.3 Å². The summed E-state index contributed by atoms with van der Waals surface area (Å²) < 4.78 is 0. The molecule has 9 heteroatoms. The molecule has 4 aromatic carbocycles. The van der Waals surface area contributed by atoms with E-state index in [1.54, 1.807) is 0 Å². The Morgan fingerprint density at radius 2 is 1.28 bits per heavy atom. The highest BCUT2D eigenvalue weighted by Gasteiger charge is 2.16. The minimum Gasteiger partial charge on any atom is -0.382 e. The average Bonchev–Trinajstić information content (AvgIpc) is 3.68. The summed E-state index contributed by atoms with van der Waals surface area (Å²) in [5.41, 5.74) is 3.48. The van der Waals surface area contributed by atoms with Gasteiger partial charge < -0.3 is 10.2 Å². The van der Waals surface area contributed by atoms with Crippen molar-refractivity contribution in [1.29, 1.82) is 0 Å². The molecule has 1 saturated heterocycles. The smallest absolute Gasteiger partial charge is 0.253 e. The van der Waals surface area contributed by atoms with Gasteiger partial charge in [-0.3, -0.25) is 0 Å². The van der Waals surface area contributed by atoms with E-state index in [9.17, 15) is 0 Å². The maximum absolute atomic E-state index is 4.68. The lowest BCUT2D eigenvalue weighted by atomic mass is 10.1. The zero-order valence-electron chi connectivity index (χ0n) is 22.1. The molecule has 1 N–H and O–H groups in total. The molecule has 1 unspecified atom stereocenters. The van der Waals surface area contributed by atoms with E-state index in [0.717, 1.165) is 68.9 Å². The second-order valence-electron chi connectivity index (χ2n) is 9.74. The lowest BCUT2D eigenvalue weighted by molar-refractivity contribution is 0.765. The van der Waals surface area contributed by atoms with Gasteiger partial charge >= 0.3 is 0 Å². The van der Waals surface area contributed by atoms with Gasteiger partial charge in [0, 0.05) is 46.4 Å². The molecule has 6 rings (SSSR count). The zero-order valence-corrected chi connectivity index (χ0v) is 22.9. The van der Waals surface area contributed by atoms with Crippen LogP contribution in [0.5, 0.6) is 0 Å². The van der Waals surface area contributed by atoms with Gasteiger partial charge in [-0.2, -0.15) is 0 Å². The Labute approximate surface area is 231 Å². The van der Waals surface area contributed by atoms with Gasteiger partial charge in [0.1, 0.15) is 0 Å². The SMILES string of the molecule is CCC(C)Nc1ccc(/N=N/c2ccc(/N=N/c3nnc(N4CCCC4)s3)c3ccccc23)c2ccccc12. The van der Waals surface area contributed by atoms with Crippen LogP contribution in [0.15, 0.2) is 93.3 Å². The highest BCUT2D eigenvalue weighted by Crippen LogP contribution is 2.38. The average molecular weight is 535 g/mol. The summed E-state index contributed by atoms with van der Waals surface area (Å²) in [6, 6.07) is 24.8. The van der Waals surface area contributed by atoms with Crippen LogP contribution in [0.4, 0.5) is 33.0 Å². The van der Waals surface area contributed by atoms with E-state index in [2.05, 4.69) is 79.0 Å². The monoisotopic (exact) mass is 534 g/mol. The van der Waals surface area contributed by atoms with Crippen LogP contribution in [-0.4, -0.2) is 29.3 Å². The van der Waals surface area contributed by atoms with Crippen molar-refractivity contribution in [3.8, 4) is 0 Å². The number of rotatable bonds is 8. The highest BCUT2D eigenvalue weighted by atomic mass is 32.1. The predicted octanol–water partition coefficient (Wildman–Crippen LogP) is 9.49. The molecule has 0 spiro atoms. The van der Waals surface area contributed by atoms with Crippen molar-refractivity contribution >= 4 is 65.9 Å². The van der Waals surface area contributed by atoms with Gasteiger partial charge in [-0.15, -0.1) is 30.7 Å². The molecule has 0 radical (unpaired) electrons. The molecule has 0 bridgehead atoms. The van der Waals surface area contributed by atoms with E-state index in [0.29, 0.717) is 11.2 Å². The Kier molecular flexibility index (Phi) is 7.23. The van der Waals surface area contributed by atoms with E-state index in [1.165, 1.54) is 24.2 Å². The third-order valence-electron chi connectivity index (χ3n) is 7.08. The highest BCUT2D eigenvalue weighted by molar-refractivity contribution is 7.18. The summed E-state index contributed by atoms with van der Waals surface area (Å²) in [6.45, 7) is 6.43. The van der Waals surface area contributed by atoms with Crippen molar-refractivity contribution in [2.45, 2.75) is 39.2 Å². The first kappa shape index (κ1) is 25.1. The van der Waals surface area contributed by atoms with E-state index in [4.69, 9.17) is 0 Å². The molecule has 196 valence electrons. The standard InChI is InChI=1S/C30H30N8S/c1-3-20(2)31-25-14-15-26(22-11-5-4-10-21(22)25)32-33-27-16-17-28(24-13-7-6-12-23(24)27)34-35-29-36-37-30(39-29)38-18-8-9-19-38/h4-7,10-17,20,31H,3,8-9,18-19H2,1-2H3/b33-32+,35-34+. The first-order valence-electron chi connectivity index (χ1n) is 13.4. The Bertz CT molecular complexity index is 1670. The second-order valence-corrected chi connectivity index (χ2v) is 10.7. The molecular weight excluding hydrogens is 504 g/mol. The number of aromatic nitrogens is 2. The van der Waals surface area contributed by atoms with Gasteiger partial charge in [-0.25, -0.2) is 0 Å². The van der Waals surface area contributed by atoms with E-state index in [1.807, 2.05) is 48.5 Å². The van der Waals surface area contributed by atoms with Gasteiger partial charge in [-0.05, 0) is 50.5 Å². The summed E-state index contributed by atoms with van der Waals surface area (Å²) >= 11 is 1.48. The molecular formula is C30H30N8S. The normalized spacial score (nSPS) is 14.8. The lowest BCUT2D eigenvalue weighted by Crippen LogP contribution is -2.17. The van der Waals surface area contributed by atoms with Crippen LogP contribution < -0.4 is 10.2 Å². The summed E-state index contributed by atoms with van der Waals surface area (Å²) in [5, 5.41) is 36.0. The molecule has 1 fully saturated rings. The number of hydrogen-bond acceptors (Lipinski definition) is 9. The summed E-state index contributed by atoms with van der Waals surface area (Å²) in [5.74, 6) is 0. The maximum atomic E-state index is 4.68. The Morgan fingerprint density at radius 1 is 0.744 bits per heavy atom. The van der Waals surface area contributed by atoms with Gasteiger partial charge in [0.05, 0.1) is 17.1 Å². The van der Waals surface area contributed by atoms with Gasteiger partial charge in [0.25, 0.3) is 5.13 Å². The maximum Gasteiger partial charge on any atom is 0.253 e. The number of fused-ring (bicyclic) bond motifs is 2. The fourth-order valence-corrected chi connectivity index (χ4v) is 5.51. The molecule has 0 saturated carbocycles.